The summed E-state index contributed by atoms with van der Waals surface area (Å²) in [5, 5.41) is 18.6. The molecule has 2 aromatic carbocycles. The van der Waals surface area contributed by atoms with E-state index in [1.54, 1.807) is 30.4 Å². The Morgan fingerprint density at radius 3 is 2.55 bits per heavy atom. The summed E-state index contributed by atoms with van der Waals surface area (Å²) in [4.78, 5) is 39.5. The lowest BCUT2D eigenvalue weighted by molar-refractivity contribution is -0.173. The van der Waals surface area contributed by atoms with Gasteiger partial charge in [0.15, 0.2) is 0 Å². The minimum Gasteiger partial charge on any atom is -0.495 e. The largest absolute Gasteiger partial charge is 0.495 e. The Morgan fingerprint density at radius 1 is 1.19 bits per heavy atom. The number of carbonyl (C=O) groups is 3. The van der Waals surface area contributed by atoms with Crippen molar-refractivity contribution in [2.75, 3.05) is 17.7 Å². The lowest BCUT2D eigenvalue weighted by Gasteiger charge is -2.38. The van der Waals surface area contributed by atoms with Gasteiger partial charge in [0, 0.05) is 33.6 Å². The summed E-state index contributed by atoms with van der Waals surface area (Å²) in [5.41, 5.74) is -0.810. The number of rotatable bonds is 7. The van der Waals surface area contributed by atoms with E-state index in [9.17, 15) is 32.7 Å². The summed E-state index contributed by atoms with van der Waals surface area (Å²) < 4.78 is 46.9. The molecule has 2 amide bonds. The SMILES string of the molecule is COc1cc(C(=O)O)ccc1NC(=O)[C@@H]1N[C@@H](C[C@H](C)C(F)(F)F)[C@@]2(C(=O)Nc3cc(Cl)ccc32)C1C1C=CC=C1Cl. The van der Waals surface area contributed by atoms with E-state index in [4.69, 9.17) is 27.9 Å². The molecule has 2 unspecified atom stereocenters. The Kier molecular flexibility index (Phi) is 7.80. The van der Waals surface area contributed by atoms with E-state index in [2.05, 4.69) is 16.0 Å². The van der Waals surface area contributed by atoms with E-state index in [-0.39, 0.29) is 17.0 Å². The van der Waals surface area contributed by atoms with Crippen LogP contribution in [0.5, 0.6) is 5.75 Å². The second-order valence-corrected chi connectivity index (χ2v) is 11.5. The highest BCUT2D eigenvalue weighted by Gasteiger charge is 2.67. The van der Waals surface area contributed by atoms with Crippen molar-refractivity contribution in [2.24, 2.45) is 17.8 Å². The Labute approximate surface area is 248 Å². The van der Waals surface area contributed by atoms with Crippen LogP contribution in [-0.4, -0.2) is 48.3 Å². The maximum atomic E-state index is 14.0. The molecular weight excluding hydrogens is 598 g/mol. The van der Waals surface area contributed by atoms with Crippen molar-refractivity contribution in [3.05, 3.63) is 75.8 Å². The van der Waals surface area contributed by atoms with Crippen LogP contribution in [-0.2, 0) is 15.0 Å². The van der Waals surface area contributed by atoms with Gasteiger partial charge in [-0.1, -0.05) is 48.3 Å². The number of allylic oxidation sites excluding steroid dienone is 4. The van der Waals surface area contributed by atoms with E-state index < -0.39 is 65.6 Å². The zero-order valence-electron chi connectivity index (χ0n) is 22.3. The molecule has 0 aromatic heterocycles. The van der Waals surface area contributed by atoms with E-state index in [1.807, 2.05) is 0 Å². The number of fused-ring (bicyclic) bond motifs is 2. The molecule has 42 heavy (non-hydrogen) atoms. The fourth-order valence-electron chi connectivity index (χ4n) is 6.32. The highest BCUT2D eigenvalue weighted by Crippen LogP contribution is 2.57. The van der Waals surface area contributed by atoms with Gasteiger partial charge in [0.1, 0.15) is 5.75 Å². The Hall–Kier alpha value is -3.54. The predicted molar refractivity (Wildman–Crippen MR) is 151 cm³/mol. The van der Waals surface area contributed by atoms with Crippen LogP contribution >= 0.6 is 23.2 Å². The van der Waals surface area contributed by atoms with E-state index in [0.717, 1.165) is 6.92 Å². The third-order valence-corrected chi connectivity index (χ3v) is 8.90. The number of aromatic carboxylic acids is 1. The number of halogens is 5. The summed E-state index contributed by atoms with van der Waals surface area (Å²) in [6, 6.07) is 6.19. The van der Waals surface area contributed by atoms with Gasteiger partial charge in [-0.05, 0) is 48.4 Å². The van der Waals surface area contributed by atoms with Crippen LogP contribution in [0.25, 0.3) is 0 Å². The summed E-state index contributed by atoms with van der Waals surface area (Å²) >= 11 is 12.8. The van der Waals surface area contributed by atoms with Crippen LogP contribution in [0.1, 0.15) is 29.3 Å². The van der Waals surface area contributed by atoms with Gasteiger partial charge < -0.3 is 25.8 Å². The number of methoxy groups -OCH3 is 1. The van der Waals surface area contributed by atoms with Crippen molar-refractivity contribution < 1.29 is 37.4 Å². The van der Waals surface area contributed by atoms with Gasteiger partial charge in [0.05, 0.1) is 35.7 Å². The molecule has 1 spiro atoms. The van der Waals surface area contributed by atoms with Crippen LogP contribution in [0.4, 0.5) is 24.5 Å². The van der Waals surface area contributed by atoms with Crippen LogP contribution in [0.15, 0.2) is 59.7 Å². The molecule has 8 nitrogen and oxygen atoms in total. The summed E-state index contributed by atoms with van der Waals surface area (Å²) in [5.74, 6) is -5.84. The zero-order valence-corrected chi connectivity index (χ0v) is 23.8. The first-order chi connectivity index (χ1) is 19.8. The molecule has 222 valence electrons. The standard InChI is InChI=1S/C29H26Cl2F3N3O5/c1-13(29(32,33)34)10-22-28(17-8-7-15(30)12-20(17)36-27(28)41)23(16-4-3-5-18(16)31)24(37-22)25(38)35-19-9-6-14(26(39)40)11-21(19)42-2/h3-9,11-13,16,22-24,37H,10H2,1-2H3,(H,35,38)(H,36,41)(H,39,40)/t13-,16?,22-,23?,24+,28+/m0/s1. The fraction of sp³-hybridized carbons (Fsp3) is 0.345. The topological polar surface area (TPSA) is 117 Å². The van der Waals surface area contributed by atoms with Gasteiger partial charge in [-0.15, -0.1) is 0 Å². The molecule has 2 aromatic rings. The van der Waals surface area contributed by atoms with Crippen LogP contribution < -0.4 is 20.7 Å². The van der Waals surface area contributed by atoms with E-state index >= 15 is 0 Å². The van der Waals surface area contributed by atoms with E-state index in [1.165, 1.54) is 31.4 Å². The molecule has 2 heterocycles. The quantitative estimate of drug-likeness (QED) is 0.313. The number of carboxylic acids is 1. The van der Waals surface area contributed by atoms with Crippen LogP contribution in [0, 0.1) is 17.8 Å². The normalized spacial score (nSPS) is 27.0. The molecule has 6 atom stereocenters. The molecule has 3 aliphatic rings. The van der Waals surface area contributed by atoms with Gasteiger partial charge in [-0.2, -0.15) is 13.2 Å². The minimum atomic E-state index is -4.55. The number of nitrogens with one attached hydrogen (secondary N) is 3. The summed E-state index contributed by atoms with van der Waals surface area (Å²) in [7, 11) is 1.30. The van der Waals surface area contributed by atoms with Crippen molar-refractivity contribution in [2.45, 2.75) is 37.0 Å². The second-order valence-electron chi connectivity index (χ2n) is 10.6. The first kappa shape index (κ1) is 29.9. The molecule has 4 N–H and O–H groups in total. The summed E-state index contributed by atoms with van der Waals surface area (Å²) in [6.45, 7) is 1.03. The van der Waals surface area contributed by atoms with Gasteiger partial charge in [-0.3, -0.25) is 9.59 Å². The van der Waals surface area contributed by atoms with Crippen molar-refractivity contribution in [1.82, 2.24) is 5.32 Å². The number of anilines is 2. The minimum absolute atomic E-state index is 0.0621. The van der Waals surface area contributed by atoms with Crippen LogP contribution in [0.2, 0.25) is 5.02 Å². The number of benzene rings is 2. The van der Waals surface area contributed by atoms with Crippen molar-refractivity contribution in [1.29, 1.82) is 0 Å². The maximum Gasteiger partial charge on any atom is 0.391 e. The molecule has 1 saturated heterocycles. The number of hydrogen-bond acceptors (Lipinski definition) is 5. The number of hydrogen-bond donors (Lipinski definition) is 4. The average Bonchev–Trinajstić information content (AvgIpc) is 3.57. The molecule has 1 fully saturated rings. The van der Waals surface area contributed by atoms with Crippen molar-refractivity contribution >= 4 is 52.4 Å². The first-order valence-corrected chi connectivity index (χ1v) is 13.7. The molecule has 5 rings (SSSR count). The molecule has 1 aliphatic carbocycles. The lowest BCUT2D eigenvalue weighted by atomic mass is 9.61. The lowest BCUT2D eigenvalue weighted by Crippen LogP contribution is -2.52. The highest BCUT2D eigenvalue weighted by molar-refractivity contribution is 6.31. The number of amides is 2. The molecular formula is C29H26Cl2F3N3O5. The number of carboxylic acid groups (broad SMARTS) is 1. The van der Waals surface area contributed by atoms with Gasteiger partial charge >= 0.3 is 12.1 Å². The Balaban J connectivity index is 1.64. The predicted octanol–water partition coefficient (Wildman–Crippen LogP) is 5.73. The van der Waals surface area contributed by atoms with Crippen LogP contribution in [0.3, 0.4) is 0 Å². The third-order valence-electron chi connectivity index (χ3n) is 8.28. The third kappa shape index (κ3) is 4.93. The molecule has 0 bridgehead atoms. The fourth-order valence-corrected chi connectivity index (χ4v) is 6.78. The number of carbonyl (C=O) groups excluding carboxylic acids is 2. The summed E-state index contributed by atoms with van der Waals surface area (Å²) in [6.07, 6.45) is -0.0570. The zero-order chi connectivity index (χ0) is 30.6. The molecule has 0 radical (unpaired) electrons. The highest BCUT2D eigenvalue weighted by atomic mass is 35.5. The molecule has 13 heteroatoms. The Morgan fingerprint density at radius 2 is 1.93 bits per heavy atom. The number of ether oxygens (including phenoxy) is 1. The van der Waals surface area contributed by atoms with Gasteiger partial charge in [0.2, 0.25) is 11.8 Å². The van der Waals surface area contributed by atoms with Gasteiger partial charge in [-0.25, -0.2) is 4.79 Å². The maximum absolute atomic E-state index is 14.0. The van der Waals surface area contributed by atoms with Gasteiger partial charge in [0.25, 0.3) is 0 Å². The average molecular weight is 624 g/mol. The van der Waals surface area contributed by atoms with E-state index in [0.29, 0.717) is 21.3 Å². The molecule has 0 saturated carbocycles. The van der Waals surface area contributed by atoms with Crippen molar-refractivity contribution in [3.63, 3.8) is 0 Å². The number of alkyl halides is 3. The smallest absolute Gasteiger partial charge is 0.391 e. The Bertz CT molecular complexity index is 1530. The first-order valence-electron chi connectivity index (χ1n) is 13.0. The molecule has 2 aliphatic heterocycles. The second kappa shape index (κ2) is 10.9. The van der Waals surface area contributed by atoms with Crippen molar-refractivity contribution in [3.8, 4) is 5.75 Å². The monoisotopic (exact) mass is 623 g/mol.